The summed E-state index contributed by atoms with van der Waals surface area (Å²) in [6, 6.07) is 4.22. The van der Waals surface area contributed by atoms with Crippen LogP contribution in [0.5, 0.6) is 0 Å². The van der Waals surface area contributed by atoms with Crippen molar-refractivity contribution in [2.75, 3.05) is 32.1 Å². The van der Waals surface area contributed by atoms with Crippen molar-refractivity contribution >= 4 is 35.8 Å². The number of nitrogens with zero attached hydrogens (tertiary/aromatic N) is 3. The number of hydrogen-bond donors (Lipinski definition) is 2. The van der Waals surface area contributed by atoms with E-state index < -0.39 is 0 Å². The standard InChI is InChI=1S/C13H21N5.HI/c1-14-13(15-2)17-10-11-5-6-12(16-9-11)18-7-3-4-8-18;/h5-6,9H,3-4,7-8,10H2,1-2H3,(H2,14,15,17);1H. The van der Waals surface area contributed by atoms with Gasteiger partial charge in [-0.3, -0.25) is 4.99 Å². The molecule has 0 aromatic carbocycles. The smallest absolute Gasteiger partial charge is 0.190 e. The van der Waals surface area contributed by atoms with E-state index in [9.17, 15) is 0 Å². The van der Waals surface area contributed by atoms with Gasteiger partial charge in [-0.1, -0.05) is 6.07 Å². The van der Waals surface area contributed by atoms with E-state index in [0.29, 0.717) is 0 Å². The van der Waals surface area contributed by atoms with Gasteiger partial charge < -0.3 is 15.5 Å². The highest BCUT2D eigenvalue weighted by Gasteiger charge is 2.12. The Balaban J connectivity index is 0.00000180. The van der Waals surface area contributed by atoms with E-state index in [4.69, 9.17) is 0 Å². The minimum Gasteiger partial charge on any atom is -0.359 e. The first-order valence-corrected chi connectivity index (χ1v) is 6.42. The van der Waals surface area contributed by atoms with Gasteiger partial charge in [0.2, 0.25) is 0 Å². The second-order valence-corrected chi connectivity index (χ2v) is 4.39. The second kappa shape index (κ2) is 8.19. The molecule has 1 aliphatic heterocycles. The lowest BCUT2D eigenvalue weighted by molar-refractivity contribution is 0.856. The third kappa shape index (κ3) is 4.52. The number of aromatic nitrogens is 1. The summed E-state index contributed by atoms with van der Waals surface area (Å²) in [5.74, 6) is 1.88. The fourth-order valence-electron chi connectivity index (χ4n) is 2.12. The molecule has 2 rings (SSSR count). The maximum atomic E-state index is 4.52. The van der Waals surface area contributed by atoms with Crippen LogP contribution in [0.1, 0.15) is 18.4 Å². The van der Waals surface area contributed by atoms with Crippen LogP contribution in [0.2, 0.25) is 0 Å². The number of guanidine groups is 1. The average Bonchev–Trinajstić information content (AvgIpc) is 2.94. The van der Waals surface area contributed by atoms with Gasteiger partial charge in [-0.2, -0.15) is 0 Å². The van der Waals surface area contributed by atoms with Gasteiger partial charge in [0.15, 0.2) is 5.96 Å². The largest absolute Gasteiger partial charge is 0.359 e. The highest BCUT2D eigenvalue weighted by atomic mass is 127. The Hall–Kier alpha value is -1.05. The maximum Gasteiger partial charge on any atom is 0.190 e. The lowest BCUT2D eigenvalue weighted by atomic mass is 10.3. The summed E-state index contributed by atoms with van der Waals surface area (Å²) < 4.78 is 0. The summed E-state index contributed by atoms with van der Waals surface area (Å²) in [6.07, 6.45) is 4.50. The van der Waals surface area contributed by atoms with Gasteiger partial charge in [0, 0.05) is 39.9 Å². The summed E-state index contributed by atoms with van der Waals surface area (Å²) >= 11 is 0. The Morgan fingerprint density at radius 3 is 2.63 bits per heavy atom. The van der Waals surface area contributed by atoms with E-state index >= 15 is 0 Å². The molecule has 6 heteroatoms. The Kier molecular flexibility index (Phi) is 6.90. The van der Waals surface area contributed by atoms with Gasteiger partial charge in [-0.15, -0.1) is 24.0 Å². The van der Waals surface area contributed by atoms with Crippen molar-refractivity contribution in [3.63, 3.8) is 0 Å². The topological polar surface area (TPSA) is 52.6 Å². The van der Waals surface area contributed by atoms with Gasteiger partial charge in [0.25, 0.3) is 0 Å². The number of pyridine rings is 1. The molecule has 1 fully saturated rings. The number of rotatable bonds is 3. The molecule has 2 N–H and O–H groups in total. The predicted molar refractivity (Wildman–Crippen MR) is 90.4 cm³/mol. The van der Waals surface area contributed by atoms with Crippen LogP contribution in [0.4, 0.5) is 5.82 Å². The molecule has 0 bridgehead atoms. The molecule has 0 unspecified atom stereocenters. The van der Waals surface area contributed by atoms with Crippen molar-refractivity contribution in [3.8, 4) is 0 Å². The molecule has 0 atom stereocenters. The van der Waals surface area contributed by atoms with E-state index in [1.54, 1.807) is 7.05 Å². The molecule has 19 heavy (non-hydrogen) atoms. The van der Waals surface area contributed by atoms with Gasteiger partial charge in [0.1, 0.15) is 5.82 Å². The third-order valence-corrected chi connectivity index (χ3v) is 3.16. The molecule has 2 heterocycles. The zero-order valence-electron chi connectivity index (χ0n) is 11.5. The van der Waals surface area contributed by atoms with Crippen LogP contribution in [-0.4, -0.2) is 38.1 Å². The van der Waals surface area contributed by atoms with E-state index in [0.717, 1.165) is 37.0 Å². The summed E-state index contributed by atoms with van der Waals surface area (Å²) in [4.78, 5) is 10.9. The predicted octanol–water partition coefficient (Wildman–Crippen LogP) is 1.59. The Morgan fingerprint density at radius 1 is 1.37 bits per heavy atom. The van der Waals surface area contributed by atoms with Crippen molar-refractivity contribution in [2.24, 2.45) is 4.99 Å². The lowest BCUT2D eigenvalue weighted by Gasteiger charge is -2.16. The Labute approximate surface area is 131 Å². The van der Waals surface area contributed by atoms with Gasteiger partial charge in [-0.25, -0.2) is 4.98 Å². The number of aliphatic imine (C=N–C) groups is 1. The van der Waals surface area contributed by atoms with E-state index in [1.165, 1.54) is 12.8 Å². The molecular formula is C13H22IN5. The van der Waals surface area contributed by atoms with Gasteiger partial charge in [0.05, 0.1) is 0 Å². The van der Waals surface area contributed by atoms with Crippen LogP contribution >= 0.6 is 24.0 Å². The molecule has 1 aromatic heterocycles. The van der Waals surface area contributed by atoms with Crippen molar-refractivity contribution in [3.05, 3.63) is 23.9 Å². The van der Waals surface area contributed by atoms with Crippen LogP contribution in [0, 0.1) is 0 Å². The number of nitrogens with one attached hydrogen (secondary N) is 2. The molecule has 0 spiro atoms. The fourth-order valence-corrected chi connectivity index (χ4v) is 2.12. The average molecular weight is 375 g/mol. The quantitative estimate of drug-likeness (QED) is 0.479. The molecule has 106 valence electrons. The number of hydrogen-bond acceptors (Lipinski definition) is 3. The summed E-state index contributed by atoms with van der Waals surface area (Å²) in [5, 5.41) is 6.20. The minimum atomic E-state index is 0. The summed E-state index contributed by atoms with van der Waals surface area (Å²) in [5.41, 5.74) is 1.16. The SMILES string of the molecule is CN=C(NC)NCc1ccc(N2CCCC2)nc1.I. The van der Waals surface area contributed by atoms with E-state index in [1.807, 2.05) is 13.2 Å². The van der Waals surface area contributed by atoms with Crippen LogP contribution in [0.3, 0.4) is 0 Å². The fraction of sp³-hybridized carbons (Fsp3) is 0.538. The van der Waals surface area contributed by atoms with E-state index in [-0.39, 0.29) is 24.0 Å². The van der Waals surface area contributed by atoms with Crippen LogP contribution in [0.15, 0.2) is 23.3 Å². The highest BCUT2D eigenvalue weighted by molar-refractivity contribution is 14.0. The first kappa shape index (κ1) is 16.0. The van der Waals surface area contributed by atoms with Gasteiger partial charge >= 0.3 is 0 Å². The summed E-state index contributed by atoms with van der Waals surface area (Å²) in [6.45, 7) is 3.01. The van der Waals surface area contributed by atoms with Crippen LogP contribution in [0.25, 0.3) is 0 Å². The number of halogens is 1. The van der Waals surface area contributed by atoms with Crippen molar-refractivity contribution in [1.29, 1.82) is 0 Å². The minimum absolute atomic E-state index is 0. The van der Waals surface area contributed by atoms with Crippen LogP contribution < -0.4 is 15.5 Å². The maximum absolute atomic E-state index is 4.52. The third-order valence-electron chi connectivity index (χ3n) is 3.16. The first-order valence-electron chi connectivity index (χ1n) is 6.42. The monoisotopic (exact) mass is 375 g/mol. The molecular weight excluding hydrogens is 353 g/mol. The van der Waals surface area contributed by atoms with Crippen molar-refractivity contribution in [1.82, 2.24) is 15.6 Å². The summed E-state index contributed by atoms with van der Waals surface area (Å²) in [7, 11) is 3.61. The zero-order valence-corrected chi connectivity index (χ0v) is 13.8. The molecule has 1 saturated heterocycles. The highest BCUT2D eigenvalue weighted by Crippen LogP contribution is 2.17. The molecule has 0 amide bonds. The van der Waals surface area contributed by atoms with Crippen molar-refractivity contribution < 1.29 is 0 Å². The zero-order chi connectivity index (χ0) is 12.8. The van der Waals surface area contributed by atoms with Gasteiger partial charge in [-0.05, 0) is 24.5 Å². The first-order chi connectivity index (χ1) is 8.83. The number of anilines is 1. The second-order valence-electron chi connectivity index (χ2n) is 4.39. The van der Waals surface area contributed by atoms with E-state index in [2.05, 4.69) is 37.6 Å². The molecule has 0 saturated carbocycles. The molecule has 0 aliphatic carbocycles. The normalized spacial score (nSPS) is 15.1. The molecule has 1 aromatic rings. The lowest BCUT2D eigenvalue weighted by Crippen LogP contribution is -2.34. The Bertz CT molecular complexity index is 398. The molecule has 0 radical (unpaired) electrons. The van der Waals surface area contributed by atoms with Crippen LogP contribution in [-0.2, 0) is 6.54 Å². The Morgan fingerprint density at radius 2 is 2.11 bits per heavy atom. The molecule has 1 aliphatic rings. The van der Waals surface area contributed by atoms with Crippen molar-refractivity contribution in [2.45, 2.75) is 19.4 Å². The molecule has 5 nitrogen and oxygen atoms in total.